The fraction of sp³-hybridized carbons (Fsp3) is 0.286. The van der Waals surface area contributed by atoms with Gasteiger partial charge in [0.1, 0.15) is 10.8 Å². The van der Waals surface area contributed by atoms with E-state index in [1.807, 2.05) is 19.1 Å². The highest BCUT2D eigenvalue weighted by Gasteiger charge is 2.15. The summed E-state index contributed by atoms with van der Waals surface area (Å²) in [4.78, 5) is 12.0. The predicted octanol–water partition coefficient (Wildman–Crippen LogP) is 3.47. The van der Waals surface area contributed by atoms with E-state index in [2.05, 4.69) is 10.4 Å². The van der Waals surface area contributed by atoms with Crippen molar-refractivity contribution < 1.29 is 4.79 Å². The lowest BCUT2D eigenvalue weighted by Gasteiger charge is -2.06. The van der Waals surface area contributed by atoms with E-state index < -0.39 is 0 Å². The normalized spacial score (nSPS) is 10.6. The number of nitrogens with zero attached hydrogens (tertiary/aromatic N) is 2. The molecule has 0 aliphatic carbocycles. The molecule has 20 heavy (non-hydrogen) atoms. The molecule has 0 aliphatic heterocycles. The van der Waals surface area contributed by atoms with Gasteiger partial charge in [0, 0.05) is 12.1 Å². The maximum absolute atomic E-state index is 12.0. The van der Waals surface area contributed by atoms with Crippen LogP contribution < -0.4 is 5.32 Å². The summed E-state index contributed by atoms with van der Waals surface area (Å²) in [6.07, 6.45) is 0.959. The molecular weight excluding hydrogens is 297 g/mol. The van der Waals surface area contributed by atoms with Crippen molar-refractivity contribution in [2.24, 2.45) is 7.05 Å². The molecule has 1 N–H and O–H groups in total. The average Bonchev–Trinajstić information content (AvgIpc) is 2.66. The van der Waals surface area contributed by atoms with Crippen molar-refractivity contribution in [3.63, 3.8) is 0 Å². The molecule has 6 heteroatoms. The molecule has 0 radical (unpaired) electrons. The van der Waals surface area contributed by atoms with Gasteiger partial charge in [-0.25, -0.2) is 0 Å². The lowest BCUT2D eigenvalue weighted by atomic mass is 10.1. The second-order valence-electron chi connectivity index (χ2n) is 4.44. The summed E-state index contributed by atoms with van der Waals surface area (Å²) in [6, 6.07) is 7.21. The highest BCUT2D eigenvalue weighted by molar-refractivity contribution is 6.34. The number of carbonyl (C=O) groups excluding carboxylic acids is 1. The third-order valence-corrected chi connectivity index (χ3v) is 3.53. The summed E-state index contributed by atoms with van der Waals surface area (Å²) >= 11 is 12.1. The first-order valence-electron chi connectivity index (χ1n) is 6.27. The first-order chi connectivity index (χ1) is 9.51. The van der Waals surface area contributed by atoms with E-state index in [4.69, 9.17) is 23.2 Å². The van der Waals surface area contributed by atoms with E-state index in [9.17, 15) is 4.79 Å². The van der Waals surface area contributed by atoms with Crippen molar-refractivity contribution in [1.29, 1.82) is 0 Å². The molecule has 0 unspecified atom stereocenters. The van der Waals surface area contributed by atoms with Crippen LogP contribution in [0.1, 0.15) is 18.2 Å². The standard InChI is InChI=1S/C14H15Cl2N3O/c1-3-11-13(16)14(19(2)18-11)17-12(20)8-9-5-4-6-10(15)7-9/h4-7H,3,8H2,1-2H3,(H,17,20). The van der Waals surface area contributed by atoms with Crippen LogP contribution in [-0.2, 0) is 24.7 Å². The fourth-order valence-corrected chi connectivity index (χ4v) is 2.48. The summed E-state index contributed by atoms with van der Waals surface area (Å²) in [5, 5.41) is 8.15. The van der Waals surface area contributed by atoms with Gasteiger partial charge in [0.15, 0.2) is 0 Å². The molecule has 1 aromatic heterocycles. The maximum Gasteiger partial charge on any atom is 0.229 e. The van der Waals surface area contributed by atoms with E-state index in [0.717, 1.165) is 17.7 Å². The minimum absolute atomic E-state index is 0.153. The molecule has 0 saturated carbocycles. The molecular formula is C14H15Cl2N3O. The van der Waals surface area contributed by atoms with E-state index >= 15 is 0 Å². The topological polar surface area (TPSA) is 46.9 Å². The van der Waals surface area contributed by atoms with E-state index in [1.165, 1.54) is 0 Å². The van der Waals surface area contributed by atoms with E-state index in [-0.39, 0.29) is 12.3 Å². The summed E-state index contributed by atoms with van der Waals surface area (Å²) in [5.41, 5.74) is 1.62. The summed E-state index contributed by atoms with van der Waals surface area (Å²) < 4.78 is 1.58. The van der Waals surface area contributed by atoms with E-state index in [1.54, 1.807) is 23.9 Å². The van der Waals surface area contributed by atoms with Crippen molar-refractivity contribution in [3.8, 4) is 0 Å². The van der Waals surface area contributed by atoms with Gasteiger partial charge in [0.2, 0.25) is 5.91 Å². The molecule has 0 aliphatic rings. The van der Waals surface area contributed by atoms with Crippen molar-refractivity contribution in [2.75, 3.05) is 5.32 Å². The first-order valence-corrected chi connectivity index (χ1v) is 7.02. The monoisotopic (exact) mass is 311 g/mol. The zero-order valence-corrected chi connectivity index (χ0v) is 12.8. The minimum atomic E-state index is -0.153. The Bertz CT molecular complexity index is 637. The van der Waals surface area contributed by atoms with Crippen LogP contribution in [-0.4, -0.2) is 15.7 Å². The molecule has 106 valence electrons. The van der Waals surface area contributed by atoms with Crippen molar-refractivity contribution >= 4 is 34.9 Å². The third-order valence-electron chi connectivity index (χ3n) is 2.90. The van der Waals surface area contributed by atoms with Gasteiger partial charge in [0.05, 0.1) is 12.1 Å². The minimum Gasteiger partial charge on any atom is -0.309 e. The van der Waals surface area contributed by atoms with Crippen molar-refractivity contribution in [3.05, 3.63) is 45.6 Å². The van der Waals surface area contributed by atoms with Gasteiger partial charge in [-0.15, -0.1) is 0 Å². The zero-order valence-electron chi connectivity index (χ0n) is 11.3. The zero-order chi connectivity index (χ0) is 14.7. The second-order valence-corrected chi connectivity index (χ2v) is 5.26. The summed E-state index contributed by atoms with van der Waals surface area (Å²) in [7, 11) is 1.75. The highest BCUT2D eigenvalue weighted by atomic mass is 35.5. The number of aromatic nitrogens is 2. The molecule has 0 bridgehead atoms. The van der Waals surface area contributed by atoms with Gasteiger partial charge >= 0.3 is 0 Å². The average molecular weight is 312 g/mol. The lowest BCUT2D eigenvalue weighted by Crippen LogP contribution is -2.16. The van der Waals surface area contributed by atoms with Gasteiger partial charge in [-0.05, 0) is 24.1 Å². The lowest BCUT2D eigenvalue weighted by molar-refractivity contribution is -0.115. The quantitative estimate of drug-likeness (QED) is 0.939. The Morgan fingerprint density at radius 2 is 2.15 bits per heavy atom. The molecule has 4 nitrogen and oxygen atoms in total. The molecule has 2 rings (SSSR count). The Labute approximate surface area is 127 Å². The number of hydrogen-bond donors (Lipinski definition) is 1. The molecule has 0 atom stereocenters. The van der Waals surface area contributed by atoms with Gasteiger partial charge in [-0.3, -0.25) is 9.48 Å². The number of amides is 1. The molecule has 0 spiro atoms. The van der Waals surface area contributed by atoms with Crippen LogP contribution in [0.3, 0.4) is 0 Å². The van der Waals surface area contributed by atoms with Crippen LogP contribution in [0.4, 0.5) is 5.82 Å². The first kappa shape index (κ1) is 14.9. The van der Waals surface area contributed by atoms with Crippen LogP contribution >= 0.6 is 23.2 Å². The van der Waals surface area contributed by atoms with Gasteiger partial charge in [-0.2, -0.15) is 5.10 Å². The number of carbonyl (C=O) groups is 1. The molecule has 0 saturated heterocycles. The van der Waals surface area contributed by atoms with Gasteiger partial charge in [-0.1, -0.05) is 42.3 Å². The Morgan fingerprint density at radius 1 is 1.40 bits per heavy atom. The Kier molecular flexibility index (Phi) is 4.68. The number of anilines is 1. The van der Waals surface area contributed by atoms with Gasteiger partial charge < -0.3 is 5.32 Å². The highest BCUT2D eigenvalue weighted by Crippen LogP contribution is 2.25. The van der Waals surface area contributed by atoms with Crippen molar-refractivity contribution in [2.45, 2.75) is 19.8 Å². The number of benzene rings is 1. The Hall–Kier alpha value is -1.52. The van der Waals surface area contributed by atoms with Crippen LogP contribution in [0, 0.1) is 0 Å². The van der Waals surface area contributed by atoms with E-state index in [0.29, 0.717) is 15.9 Å². The number of hydrogen-bond acceptors (Lipinski definition) is 2. The Balaban J connectivity index is 2.10. The van der Waals surface area contributed by atoms with Crippen LogP contribution in [0.15, 0.2) is 24.3 Å². The largest absolute Gasteiger partial charge is 0.309 e. The third kappa shape index (κ3) is 3.32. The molecule has 1 amide bonds. The summed E-state index contributed by atoms with van der Waals surface area (Å²) in [5.74, 6) is 0.371. The van der Waals surface area contributed by atoms with Crippen LogP contribution in [0.25, 0.3) is 0 Å². The second kappa shape index (κ2) is 6.29. The number of rotatable bonds is 4. The van der Waals surface area contributed by atoms with Crippen molar-refractivity contribution in [1.82, 2.24) is 9.78 Å². The molecule has 0 fully saturated rings. The fourth-order valence-electron chi connectivity index (χ4n) is 1.92. The van der Waals surface area contributed by atoms with Crippen LogP contribution in [0.5, 0.6) is 0 Å². The molecule has 2 aromatic rings. The SMILES string of the molecule is CCc1nn(C)c(NC(=O)Cc2cccc(Cl)c2)c1Cl. The molecule has 1 heterocycles. The van der Waals surface area contributed by atoms with Crippen LogP contribution in [0.2, 0.25) is 10.0 Å². The summed E-state index contributed by atoms with van der Waals surface area (Å²) in [6.45, 7) is 1.96. The Morgan fingerprint density at radius 3 is 2.75 bits per heavy atom. The number of aryl methyl sites for hydroxylation is 2. The number of nitrogens with one attached hydrogen (secondary N) is 1. The van der Waals surface area contributed by atoms with Gasteiger partial charge in [0.25, 0.3) is 0 Å². The smallest absolute Gasteiger partial charge is 0.229 e. The predicted molar refractivity (Wildman–Crippen MR) is 81.4 cm³/mol. The molecule has 1 aromatic carbocycles. The maximum atomic E-state index is 12.0. The number of halogens is 2.